The fourth-order valence-electron chi connectivity index (χ4n) is 0.146. The van der Waals surface area contributed by atoms with Crippen molar-refractivity contribution >= 4 is 20.4 Å². The third-order valence-electron chi connectivity index (χ3n) is 0.415. The van der Waals surface area contributed by atoms with E-state index in [0.29, 0.717) is 0 Å². The molecule has 0 aromatic rings. The van der Waals surface area contributed by atoms with Crippen LogP contribution in [0.3, 0.4) is 0 Å². The van der Waals surface area contributed by atoms with Gasteiger partial charge in [-0.3, -0.25) is 0 Å². The van der Waals surface area contributed by atoms with Crippen molar-refractivity contribution in [1.29, 1.82) is 5.26 Å². The molecule has 8 heavy (non-hydrogen) atoms. The van der Waals surface area contributed by atoms with E-state index in [0.717, 1.165) is 0 Å². The average Bonchev–Trinajstić information content (AvgIpc) is 1.61. The van der Waals surface area contributed by atoms with Crippen LogP contribution >= 0.6 is 20.4 Å². The normalized spacial score (nSPS) is 8.75. The van der Waals surface area contributed by atoms with Crippen LogP contribution in [-0.4, -0.2) is 11.1 Å². The van der Waals surface area contributed by atoms with E-state index in [1.54, 1.807) is 6.07 Å². The summed E-state index contributed by atoms with van der Waals surface area (Å²) in [6.45, 7) is 0. The van der Waals surface area contributed by atoms with Crippen LogP contribution in [0.15, 0.2) is 0 Å². The zero-order valence-corrected chi connectivity index (χ0v) is 5.78. The molecule has 0 aromatic carbocycles. The Labute approximate surface area is 54.6 Å². The van der Waals surface area contributed by atoms with Gasteiger partial charge in [-0.2, -0.15) is 10.2 Å². The van der Waals surface area contributed by atoms with Crippen LogP contribution in [0.25, 0.3) is 0 Å². The first-order valence-corrected chi connectivity index (χ1v) is 3.17. The predicted octanol–water partition coefficient (Wildman–Crippen LogP) is 1.06. The monoisotopic (exact) mass is 154 g/mol. The van der Waals surface area contributed by atoms with Crippen molar-refractivity contribution in [2.75, 3.05) is 6.16 Å². The number of hydrogen-bond donors (Lipinski definition) is 1. The summed E-state index contributed by atoms with van der Waals surface area (Å²) in [6.07, 6.45) is 0.275. The molecule has 0 rings (SSSR count). The van der Waals surface area contributed by atoms with Crippen molar-refractivity contribution in [3.8, 4) is 6.07 Å². The SMILES string of the molecule is Cl.N#CCC[P+](=O)O. The van der Waals surface area contributed by atoms with Gasteiger partial charge >= 0.3 is 8.03 Å². The molecule has 0 aliphatic carbocycles. The van der Waals surface area contributed by atoms with Crippen LogP contribution in [0.5, 0.6) is 0 Å². The fourth-order valence-corrected chi connectivity index (χ4v) is 0.437. The van der Waals surface area contributed by atoms with E-state index in [-0.39, 0.29) is 25.0 Å². The fraction of sp³-hybridized carbons (Fsp3) is 0.667. The molecule has 0 aliphatic heterocycles. The molecule has 0 aliphatic rings. The van der Waals surface area contributed by atoms with Gasteiger partial charge in [-0.05, 0) is 4.57 Å². The molecule has 0 amide bonds. The number of nitriles is 1. The van der Waals surface area contributed by atoms with E-state index in [2.05, 4.69) is 0 Å². The lowest BCUT2D eigenvalue weighted by atomic mass is 10.6. The van der Waals surface area contributed by atoms with Gasteiger partial charge in [-0.1, -0.05) is 0 Å². The Hall–Kier alpha value is -0.160. The summed E-state index contributed by atoms with van der Waals surface area (Å²) in [5.41, 5.74) is 0. The third kappa shape index (κ3) is 9.28. The second-order valence-electron chi connectivity index (χ2n) is 0.984. The minimum Gasteiger partial charge on any atom is -0.198 e. The second kappa shape index (κ2) is 6.84. The summed E-state index contributed by atoms with van der Waals surface area (Å²) in [5, 5.41) is 7.83. The molecular weight excluding hydrogens is 148 g/mol. The smallest absolute Gasteiger partial charge is 0.198 e. The first-order chi connectivity index (χ1) is 3.27. The summed E-state index contributed by atoms with van der Waals surface area (Å²) in [4.78, 5) is 8.04. The summed E-state index contributed by atoms with van der Waals surface area (Å²) < 4.78 is 9.76. The van der Waals surface area contributed by atoms with Crippen molar-refractivity contribution in [1.82, 2.24) is 0 Å². The maximum absolute atomic E-state index is 9.76. The van der Waals surface area contributed by atoms with E-state index in [1.807, 2.05) is 0 Å². The topological polar surface area (TPSA) is 61.1 Å². The van der Waals surface area contributed by atoms with Crippen LogP contribution in [0, 0.1) is 11.3 Å². The van der Waals surface area contributed by atoms with Gasteiger partial charge in [0.05, 0.1) is 12.5 Å². The molecule has 3 nitrogen and oxygen atoms in total. The van der Waals surface area contributed by atoms with Gasteiger partial charge in [0, 0.05) is 0 Å². The lowest BCUT2D eigenvalue weighted by Crippen LogP contribution is -1.70. The van der Waals surface area contributed by atoms with Crippen LogP contribution in [0.2, 0.25) is 0 Å². The summed E-state index contributed by atoms with van der Waals surface area (Å²) in [6, 6.07) is 1.76. The van der Waals surface area contributed by atoms with Gasteiger partial charge in [0.15, 0.2) is 6.16 Å². The molecule has 1 N–H and O–H groups in total. The average molecular weight is 155 g/mol. The summed E-state index contributed by atoms with van der Waals surface area (Å²) in [5.74, 6) is 0. The lowest BCUT2D eigenvalue weighted by molar-refractivity contribution is 0.503. The Kier molecular flexibility index (Phi) is 9.20. The van der Waals surface area contributed by atoms with Crippen LogP contribution < -0.4 is 0 Å². The van der Waals surface area contributed by atoms with Crippen LogP contribution in [0.1, 0.15) is 6.42 Å². The van der Waals surface area contributed by atoms with Gasteiger partial charge in [-0.25, -0.2) is 0 Å². The van der Waals surface area contributed by atoms with Gasteiger partial charge in [0.2, 0.25) is 0 Å². The number of nitrogens with zero attached hydrogens (tertiary/aromatic N) is 1. The van der Waals surface area contributed by atoms with Gasteiger partial charge in [0.25, 0.3) is 0 Å². The molecule has 0 spiro atoms. The van der Waals surface area contributed by atoms with Crippen molar-refractivity contribution in [3.05, 3.63) is 0 Å². The zero-order valence-electron chi connectivity index (χ0n) is 4.07. The highest BCUT2D eigenvalue weighted by Crippen LogP contribution is 2.12. The maximum atomic E-state index is 9.76. The van der Waals surface area contributed by atoms with Gasteiger partial charge in [-0.15, -0.1) is 12.4 Å². The molecule has 0 aromatic heterocycles. The first kappa shape index (κ1) is 10.8. The van der Waals surface area contributed by atoms with Crippen LogP contribution in [0.4, 0.5) is 0 Å². The van der Waals surface area contributed by atoms with Gasteiger partial charge < -0.3 is 0 Å². The molecular formula is C3H6ClNO2P+. The molecule has 0 saturated heterocycles. The molecule has 5 heteroatoms. The van der Waals surface area contributed by atoms with Gasteiger partial charge in [0.1, 0.15) is 0 Å². The van der Waals surface area contributed by atoms with Crippen molar-refractivity contribution in [2.24, 2.45) is 0 Å². The van der Waals surface area contributed by atoms with Crippen molar-refractivity contribution < 1.29 is 9.46 Å². The van der Waals surface area contributed by atoms with Crippen LogP contribution in [-0.2, 0) is 4.57 Å². The van der Waals surface area contributed by atoms with E-state index >= 15 is 0 Å². The van der Waals surface area contributed by atoms with Crippen molar-refractivity contribution in [2.45, 2.75) is 6.42 Å². The van der Waals surface area contributed by atoms with E-state index in [4.69, 9.17) is 10.2 Å². The number of hydrogen-bond acceptors (Lipinski definition) is 2. The maximum Gasteiger partial charge on any atom is 0.506 e. The molecule has 1 unspecified atom stereocenters. The first-order valence-electron chi connectivity index (χ1n) is 1.78. The highest BCUT2D eigenvalue weighted by molar-refractivity contribution is 7.37. The highest BCUT2D eigenvalue weighted by atomic mass is 35.5. The quantitative estimate of drug-likeness (QED) is 0.605. The number of halogens is 1. The standard InChI is InChI=1S/C3H4NO2P.ClH/c4-2-1-3-7(5)6;/h1,3H2;1H/p+1. The second-order valence-corrected chi connectivity index (χ2v) is 2.14. The highest BCUT2D eigenvalue weighted by Gasteiger charge is 2.06. The summed E-state index contributed by atoms with van der Waals surface area (Å²) in [7, 11) is -2.08. The molecule has 46 valence electrons. The molecule has 0 bridgehead atoms. The summed E-state index contributed by atoms with van der Waals surface area (Å²) >= 11 is 0. The predicted molar refractivity (Wildman–Crippen MR) is 32.2 cm³/mol. The minimum absolute atomic E-state index is 0. The molecule has 1 atom stereocenters. The van der Waals surface area contributed by atoms with E-state index < -0.39 is 8.03 Å². The Morgan fingerprint density at radius 1 is 1.75 bits per heavy atom. The minimum atomic E-state index is -2.08. The number of rotatable bonds is 2. The van der Waals surface area contributed by atoms with E-state index in [9.17, 15) is 4.57 Å². The zero-order chi connectivity index (χ0) is 5.70. The largest absolute Gasteiger partial charge is 0.506 e. The van der Waals surface area contributed by atoms with E-state index in [1.165, 1.54) is 0 Å². The lowest BCUT2D eigenvalue weighted by Gasteiger charge is -1.64. The Morgan fingerprint density at radius 2 is 2.25 bits per heavy atom. The molecule has 0 fully saturated rings. The molecule has 0 radical (unpaired) electrons. The third-order valence-corrected chi connectivity index (χ3v) is 1.02. The van der Waals surface area contributed by atoms with Crippen molar-refractivity contribution in [3.63, 3.8) is 0 Å². The Balaban J connectivity index is 0. The Bertz CT molecular complexity index is 110. The molecule has 0 saturated carbocycles. The molecule has 0 heterocycles. The Morgan fingerprint density at radius 3 is 2.38 bits per heavy atom.